The minimum absolute atomic E-state index is 0.0707. The molecule has 0 bridgehead atoms. The molecule has 1 unspecified atom stereocenters. The van der Waals surface area contributed by atoms with Crippen LogP contribution in [0.1, 0.15) is 33.1 Å². The third-order valence-electron chi connectivity index (χ3n) is 5.18. The van der Waals surface area contributed by atoms with Crippen LogP contribution in [0.5, 0.6) is 0 Å². The van der Waals surface area contributed by atoms with Crippen LogP contribution in [-0.2, 0) is 9.53 Å². The van der Waals surface area contributed by atoms with Crippen LogP contribution < -0.4 is 10.7 Å². The summed E-state index contributed by atoms with van der Waals surface area (Å²) in [5.41, 5.74) is 6.42. The molecule has 1 atom stereocenters. The molecule has 1 amide bonds. The van der Waals surface area contributed by atoms with Crippen molar-refractivity contribution in [2.45, 2.75) is 33.1 Å². The van der Waals surface area contributed by atoms with Gasteiger partial charge in [0.1, 0.15) is 12.4 Å². The Morgan fingerprint density at radius 1 is 1.33 bits per heavy atom. The van der Waals surface area contributed by atoms with E-state index in [9.17, 15) is 4.79 Å². The minimum atomic E-state index is -0.0707. The van der Waals surface area contributed by atoms with Crippen molar-refractivity contribution < 1.29 is 9.53 Å². The number of carbonyl (C=O) groups is 1. The highest BCUT2D eigenvalue weighted by Gasteiger charge is 2.29. The Labute approximate surface area is 162 Å². The molecule has 2 aliphatic heterocycles. The molecule has 0 saturated carbocycles. The maximum atomic E-state index is 12.1. The standard InChI is InChI=1S/C21H32N4O2/c1-16(2)14-21(26)23-17-6-7-20(27-13-12-25-10-4-5-11-25)18(15-17)19-8-9-22-24(19)3/h6-8,14,18,22H,4-5,9-13,15H2,1-3H3,(H,23,26). The Bertz CT molecular complexity index is 668. The normalized spacial score (nSPS) is 22.9. The summed E-state index contributed by atoms with van der Waals surface area (Å²) in [5.74, 6) is 1.03. The first-order valence-electron chi connectivity index (χ1n) is 9.92. The Morgan fingerprint density at radius 2 is 2.11 bits per heavy atom. The van der Waals surface area contributed by atoms with Crippen LogP contribution >= 0.6 is 0 Å². The number of rotatable bonds is 7. The number of carbonyl (C=O) groups excluding carboxylic acids is 1. The lowest BCUT2D eigenvalue weighted by molar-refractivity contribution is -0.115. The van der Waals surface area contributed by atoms with Crippen molar-refractivity contribution in [3.63, 3.8) is 0 Å². The van der Waals surface area contributed by atoms with Crippen LogP contribution in [0.25, 0.3) is 0 Å². The van der Waals surface area contributed by atoms with Crippen molar-refractivity contribution in [1.29, 1.82) is 0 Å². The molecule has 0 radical (unpaired) electrons. The van der Waals surface area contributed by atoms with E-state index >= 15 is 0 Å². The number of allylic oxidation sites excluding steroid dienone is 4. The first-order chi connectivity index (χ1) is 13.0. The average Bonchev–Trinajstić information content (AvgIpc) is 3.27. The molecule has 148 valence electrons. The van der Waals surface area contributed by atoms with Crippen LogP contribution in [0.2, 0.25) is 0 Å². The van der Waals surface area contributed by atoms with Gasteiger partial charge in [-0.3, -0.25) is 9.69 Å². The van der Waals surface area contributed by atoms with Crippen molar-refractivity contribution in [2.24, 2.45) is 5.92 Å². The number of likely N-dealkylation sites (tertiary alicyclic amines) is 1. The molecule has 2 N–H and O–H groups in total. The predicted octanol–water partition coefficient (Wildman–Crippen LogP) is 2.30. The summed E-state index contributed by atoms with van der Waals surface area (Å²) in [6.07, 6.45) is 11.1. The molecule has 1 saturated heterocycles. The van der Waals surface area contributed by atoms with Gasteiger partial charge in [0, 0.05) is 44.0 Å². The van der Waals surface area contributed by atoms with Gasteiger partial charge in [-0.05, 0) is 58.0 Å². The summed E-state index contributed by atoms with van der Waals surface area (Å²) in [7, 11) is 2.03. The number of nitrogens with zero attached hydrogens (tertiary/aromatic N) is 2. The zero-order chi connectivity index (χ0) is 19.2. The van der Waals surface area contributed by atoms with Crippen molar-refractivity contribution in [3.05, 3.63) is 47.0 Å². The highest BCUT2D eigenvalue weighted by atomic mass is 16.5. The summed E-state index contributed by atoms with van der Waals surface area (Å²) in [6.45, 7) is 8.73. The molecule has 0 aromatic carbocycles. The van der Waals surface area contributed by atoms with Gasteiger partial charge in [0.25, 0.3) is 0 Å². The van der Waals surface area contributed by atoms with Gasteiger partial charge in [0.2, 0.25) is 5.91 Å². The lowest BCUT2D eigenvalue weighted by Crippen LogP contribution is -2.33. The molecule has 27 heavy (non-hydrogen) atoms. The van der Waals surface area contributed by atoms with Crippen molar-refractivity contribution >= 4 is 5.91 Å². The second-order valence-electron chi connectivity index (χ2n) is 7.68. The van der Waals surface area contributed by atoms with Crippen LogP contribution in [0, 0.1) is 5.92 Å². The average molecular weight is 373 g/mol. The van der Waals surface area contributed by atoms with Crippen molar-refractivity contribution in [2.75, 3.05) is 39.8 Å². The van der Waals surface area contributed by atoms with E-state index < -0.39 is 0 Å². The number of hydrogen-bond donors (Lipinski definition) is 2. The van der Waals surface area contributed by atoms with Gasteiger partial charge in [-0.25, -0.2) is 5.43 Å². The summed E-state index contributed by atoms with van der Waals surface area (Å²) < 4.78 is 6.19. The first-order valence-corrected chi connectivity index (χ1v) is 9.92. The lowest BCUT2D eigenvalue weighted by Gasteiger charge is -2.30. The summed E-state index contributed by atoms with van der Waals surface area (Å²) >= 11 is 0. The van der Waals surface area contributed by atoms with Gasteiger partial charge in [0.05, 0.1) is 5.92 Å². The zero-order valence-corrected chi connectivity index (χ0v) is 16.8. The van der Waals surface area contributed by atoms with Crippen molar-refractivity contribution in [3.8, 4) is 0 Å². The Hall–Kier alpha value is -2.05. The van der Waals surface area contributed by atoms with Crippen LogP contribution in [-0.4, -0.2) is 55.6 Å². The summed E-state index contributed by atoms with van der Waals surface area (Å²) in [5, 5.41) is 5.07. The van der Waals surface area contributed by atoms with Crippen LogP contribution in [0.4, 0.5) is 0 Å². The predicted molar refractivity (Wildman–Crippen MR) is 107 cm³/mol. The molecule has 3 aliphatic rings. The zero-order valence-electron chi connectivity index (χ0n) is 16.8. The molecule has 6 heteroatoms. The van der Waals surface area contributed by atoms with E-state index in [1.54, 1.807) is 6.08 Å². The lowest BCUT2D eigenvalue weighted by atomic mass is 9.92. The van der Waals surface area contributed by atoms with Crippen molar-refractivity contribution in [1.82, 2.24) is 20.7 Å². The van der Waals surface area contributed by atoms with Gasteiger partial charge in [-0.15, -0.1) is 0 Å². The fourth-order valence-electron chi connectivity index (χ4n) is 3.83. The number of hydrazine groups is 1. The molecule has 6 nitrogen and oxygen atoms in total. The number of amides is 1. The van der Waals surface area contributed by atoms with Crippen LogP contribution in [0.3, 0.4) is 0 Å². The maximum absolute atomic E-state index is 12.1. The van der Waals surface area contributed by atoms with Gasteiger partial charge < -0.3 is 15.1 Å². The Morgan fingerprint density at radius 3 is 2.78 bits per heavy atom. The third-order valence-corrected chi connectivity index (χ3v) is 5.18. The smallest absolute Gasteiger partial charge is 0.248 e. The number of hydrogen-bond acceptors (Lipinski definition) is 5. The minimum Gasteiger partial charge on any atom is -0.496 e. The van der Waals surface area contributed by atoms with E-state index in [1.807, 2.05) is 33.0 Å². The molecule has 1 aliphatic carbocycles. The van der Waals surface area contributed by atoms with E-state index in [2.05, 4.69) is 26.7 Å². The number of nitrogens with one attached hydrogen (secondary N) is 2. The monoisotopic (exact) mass is 372 g/mol. The maximum Gasteiger partial charge on any atom is 0.248 e. The summed E-state index contributed by atoms with van der Waals surface area (Å²) in [6, 6.07) is 0. The van der Waals surface area contributed by atoms with Gasteiger partial charge in [-0.1, -0.05) is 5.57 Å². The quantitative estimate of drug-likeness (QED) is 0.672. The van der Waals surface area contributed by atoms with E-state index in [1.165, 1.54) is 31.6 Å². The highest BCUT2D eigenvalue weighted by molar-refractivity contribution is 5.89. The number of ether oxygens (including phenoxy) is 1. The molecule has 0 aromatic rings. The highest BCUT2D eigenvalue weighted by Crippen LogP contribution is 2.33. The molecular formula is C21H32N4O2. The molecular weight excluding hydrogens is 340 g/mol. The fourth-order valence-corrected chi connectivity index (χ4v) is 3.83. The second kappa shape index (κ2) is 9.24. The molecule has 0 aromatic heterocycles. The van der Waals surface area contributed by atoms with E-state index in [0.29, 0.717) is 6.61 Å². The third kappa shape index (κ3) is 5.47. The van der Waals surface area contributed by atoms with Gasteiger partial charge in [0.15, 0.2) is 0 Å². The SMILES string of the molecule is CC(C)=CC(=O)NC1=CC=C(OCCN2CCCC2)C(C2=CCNN2C)C1. The second-order valence-corrected chi connectivity index (χ2v) is 7.68. The summed E-state index contributed by atoms with van der Waals surface area (Å²) in [4.78, 5) is 14.6. The van der Waals surface area contributed by atoms with E-state index in [4.69, 9.17) is 4.74 Å². The topological polar surface area (TPSA) is 56.8 Å². The molecule has 3 rings (SSSR count). The van der Waals surface area contributed by atoms with Crippen LogP contribution in [0.15, 0.2) is 47.0 Å². The molecule has 1 fully saturated rings. The Kier molecular flexibility index (Phi) is 6.74. The molecule has 2 heterocycles. The van der Waals surface area contributed by atoms with E-state index in [-0.39, 0.29) is 11.8 Å². The Balaban J connectivity index is 1.66. The molecule has 0 spiro atoms. The largest absolute Gasteiger partial charge is 0.496 e. The fraction of sp³-hybridized carbons (Fsp3) is 0.571. The van der Waals surface area contributed by atoms with Gasteiger partial charge >= 0.3 is 0 Å². The first kappa shape index (κ1) is 19.7. The van der Waals surface area contributed by atoms with Gasteiger partial charge in [-0.2, -0.15) is 0 Å². The van der Waals surface area contributed by atoms with E-state index in [0.717, 1.165) is 36.5 Å².